The molecule has 0 saturated carbocycles. The van der Waals surface area contributed by atoms with Gasteiger partial charge in [0.15, 0.2) is 21.5 Å². The molecule has 3 N–H and O–H groups in total. The highest BCUT2D eigenvalue weighted by Gasteiger charge is 2.38. The Labute approximate surface area is 168 Å². The van der Waals surface area contributed by atoms with Crippen LogP contribution < -0.4 is 5.73 Å². The molecule has 0 aliphatic rings. The number of aromatic nitrogens is 1. The summed E-state index contributed by atoms with van der Waals surface area (Å²) in [7, 11) is -4.74. The van der Waals surface area contributed by atoms with E-state index in [9.17, 15) is 35.2 Å². The van der Waals surface area contributed by atoms with Crippen molar-refractivity contribution in [2.45, 2.75) is 24.0 Å². The molecule has 0 fully saturated rings. The molecule has 1 atom stereocenters. The van der Waals surface area contributed by atoms with Gasteiger partial charge in [-0.3, -0.25) is 9.78 Å². The number of nitrogens with two attached hydrogens (primary N) is 1. The summed E-state index contributed by atoms with van der Waals surface area (Å²) in [4.78, 5) is 14.7. The molecule has 164 valence electrons. The monoisotopic (exact) mass is 452 g/mol. The van der Waals surface area contributed by atoms with Gasteiger partial charge in [-0.2, -0.15) is 0 Å². The minimum atomic E-state index is -4.74. The summed E-state index contributed by atoms with van der Waals surface area (Å²) in [6.45, 7) is -0.901. The van der Waals surface area contributed by atoms with Gasteiger partial charge in [-0.25, -0.2) is 30.4 Å². The van der Waals surface area contributed by atoms with E-state index in [0.717, 1.165) is 18.3 Å². The first-order chi connectivity index (χ1) is 13.9. The van der Waals surface area contributed by atoms with E-state index in [1.165, 1.54) is 0 Å². The summed E-state index contributed by atoms with van der Waals surface area (Å²) in [6.07, 6.45) is -1.46. The van der Waals surface area contributed by atoms with Crippen molar-refractivity contribution in [1.29, 1.82) is 0 Å². The maximum atomic E-state index is 14.4. The minimum absolute atomic E-state index is 0.287. The Morgan fingerprint density at radius 1 is 1.10 bits per heavy atom. The highest BCUT2D eigenvalue weighted by atomic mass is 32.2. The van der Waals surface area contributed by atoms with Crippen molar-refractivity contribution in [2.24, 2.45) is 5.73 Å². The number of amides is 1. The summed E-state index contributed by atoms with van der Waals surface area (Å²) in [5.74, 6) is -10.5. The fourth-order valence-electron chi connectivity index (χ4n) is 2.74. The first-order valence-electron chi connectivity index (χ1n) is 8.49. The number of nitrogens with zero attached hydrogens (tertiary/aromatic N) is 1. The standard InChI is InChI=1S/C18H17F5N2O4S/c19-11-2-3-12(20)15(21)14(11)16(10-1-4-13(17(24)27)25-9-10)30(28,29)8-6-18(22,23)5-7-26/h1-4,9,16,26H,5-8H2,(H2,24,27). The highest BCUT2D eigenvalue weighted by Crippen LogP contribution is 2.36. The lowest BCUT2D eigenvalue weighted by Crippen LogP contribution is -2.27. The summed E-state index contributed by atoms with van der Waals surface area (Å²) >= 11 is 0. The number of aliphatic hydroxyl groups excluding tert-OH is 1. The number of alkyl halides is 2. The van der Waals surface area contributed by atoms with Crippen LogP contribution in [0.3, 0.4) is 0 Å². The third-order valence-electron chi connectivity index (χ3n) is 4.27. The largest absolute Gasteiger partial charge is 0.396 e. The van der Waals surface area contributed by atoms with E-state index in [2.05, 4.69) is 4.98 Å². The molecule has 2 rings (SSSR count). The molecule has 1 aromatic heterocycles. The second-order valence-electron chi connectivity index (χ2n) is 6.42. The van der Waals surface area contributed by atoms with Crippen molar-refractivity contribution in [2.75, 3.05) is 12.4 Å². The van der Waals surface area contributed by atoms with Crippen LogP contribution in [0.5, 0.6) is 0 Å². The molecule has 0 saturated heterocycles. The molecule has 0 radical (unpaired) electrons. The van der Waals surface area contributed by atoms with Gasteiger partial charge in [0, 0.05) is 31.2 Å². The Morgan fingerprint density at radius 3 is 2.27 bits per heavy atom. The average molecular weight is 452 g/mol. The molecule has 0 aliphatic heterocycles. The third-order valence-corrected chi connectivity index (χ3v) is 6.27. The normalized spacial score (nSPS) is 13.3. The Morgan fingerprint density at radius 2 is 1.73 bits per heavy atom. The number of aliphatic hydroxyl groups is 1. The number of hydrogen-bond donors (Lipinski definition) is 2. The molecule has 1 amide bonds. The van der Waals surface area contributed by atoms with Gasteiger partial charge >= 0.3 is 0 Å². The van der Waals surface area contributed by atoms with Crippen LogP contribution in [0.2, 0.25) is 0 Å². The van der Waals surface area contributed by atoms with Crippen LogP contribution >= 0.6 is 0 Å². The second-order valence-corrected chi connectivity index (χ2v) is 8.63. The van der Waals surface area contributed by atoms with Gasteiger partial charge < -0.3 is 10.8 Å². The summed E-state index contributed by atoms with van der Waals surface area (Å²) < 4.78 is 95.5. The molecule has 2 aromatic rings. The van der Waals surface area contributed by atoms with Crippen LogP contribution in [-0.4, -0.2) is 42.7 Å². The highest BCUT2D eigenvalue weighted by molar-refractivity contribution is 7.91. The van der Waals surface area contributed by atoms with Gasteiger partial charge in [-0.15, -0.1) is 0 Å². The molecule has 1 aromatic carbocycles. The van der Waals surface area contributed by atoms with Crippen molar-refractivity contribution in [3.8, 4) is 0 Å². The number of sulfone groups is 1. The fraction of sp³-hybridized carbons (Fsp3) is 0.333. The second kappa shape index (κ2) is 9.04. The molecule has 0 bridgehead atoms. The summed E-state index contributed by atoms with van der Waals surface area (Å²) in [5, 5.41) is 6.44. The minimum Gasteiger partial charge on any atom is -0.396 e. The predicted octanol–water partition coefficient (Wildman–Crippen LogP) is 2.51. The van der Waals surface area contributed by atoms with Crippen molar-refractivity contribution in [3.05, 3.63) is 64.7 Å². The number of carbonyl (C=O) groups excluding carboxylic acids is 1. The Kier molecular flexibility index (Phi) is 7.14. The zero-order valence-electron chi connectivity index (χ0n) is 15.3. The SMILES string of the molecule is NC(=O)c1ccc(C(c2c(F)ccc(F)c2F)S(=O)(=O)CCC(F)(F)CCO)cn1. The van der Waals surface area contributed by atoms with E-state index in [4.69, 9.17) is 10.8 Å². The lowest BCUT2D eigenvalue weighted by molar-refractivity contribution is -0.0237. The van der Waals surface area contributed by atoms with Gasteiger partial charge in [-0.05, 0) is 23.8 Å². The van der Waals surface area contributed by atoms with Crippen molar-refractivity contribution >= 4 is 15.7 Å². The lowest BCUT2D eigenvalue weighted by atomic mass is 10.0. The number of rotatable bonds is 9. The Balaban J connectivity index is 2.60. The van der Waals surface area contributed by atoms with E-state index < -0.39 is 75.1 Å². The van der Waals surface area contributed by atoms with Crippen LogP contribution in [0.25, 0.3) is 0 Å². The smallest absolute Gasteiger partial charge is 0.267 e. The van der Waals surface area contributed by atoms with Crippen molar-refractivity contribution in [3.63, 3.8) is 0 Å². The summed E-state index contributed by atoms with van der Waals surface area (Å²) in [5.41, 5.74) is 3.17. The number of carbonyl (C=O) groups is 1. The maximum Gasteiger partial charge on any atom is 0.267 e. The van der Waals surface area contributed by atoms with Crippen molar-refractivity contribution < 1.29 is 40.3 Å². The Bertz CT molecular complexity index is 1030. The van der Waals surface area contributed by atoms with Crippen molar-refractivity contribution in [1.82, 2.24) is 4.98 Å². The van der Waals surface area contributed by atoms with Crippen LogP contribution in [0.1, 0.15) is 39.7 Å². The molecular formula is C18H17F5N2O4S. The number of primary amides is 1. The topological polar surface area (TPSA) is 110 Å². The number of halogens is 5. The zero-order chi connectivity index (χ0) is 22.7. The fourth-order valence-corrected chi connectivity index (χ4v) is 4.69. The molecular weight excluding hydrogens is 435 g/mol. The third kappa shape index (κ3) is 5.30. The van der Waals surface area contributed by atoms with E-state index in [-0.39, 0.29) is 11.3 Å². The van der Waals surface area contributed by atoms with Gasteiger partial charge in [0.05, 0.1) is 5.75 Å². The molecule has 1 unspecified atom stereocenters. The molecule has 0 aliphatic carbocycles. The summed E-state index contributed by atoms with van der Waals surface area (Å²) in [6, 6.07) is 2.91. The van der Waals surface area contributed by atoms with Gasteiger partial charge in [-0.1, -0.05) is 6.07 Å². The maximum absolute atomic E-state index is 14.4. The van der Waals surface area contributed by atoms with E-state index in [1.807, 2.05) is 0 Å². The molecule has 0 spiro atoms. The number of hydrogen-bond acceptors (Lipinski definition) is 5. The van der Waals surface area contributed by atoms with Crippen LogP contribution in [0, 0.1) is 17.5 Å². The van der Waals surface area contributed by atoms with Crippen LogP contribution in [-0.2, 0) is 9.84 Å². The van der Waals surface area contributed by atoms with Crippen LogP contribution in [0.4, 0.5) is 22.0 Å². The van der Waals surface area contributed by atoms with Gasteiger partial charge in [0.1, 0.15) is 16.8 Å². The van der Waals surface area contributed by atoms with E-state index in [0.29, 0.717) is 12.1 Å². The molecule has 30 heavy (non-hydrogen) atoms. The zero-order valence-corrected chi connectivity index (χ0v) is 16.1. The number of pyridine rings is 1. The first kappa shape index (κ1) is 23.7. The van der Waals surface area contributed by atoms with Gasteiger partial charge in [0.2, 0.25) is 0 Å². The molecule has 12 heteroatoms. The first-order valence-corrected chi connectivity index (χ1v) is 10.2. The molecule has 6 nitrogen and oxygen atoms in total. The van der Waals surface area contributed by atoms with Gasteiger partial charge in [0.25, 0.3) is 11.8 Å². The average Bonchev–Trinajstić information content (AvgIpc) is 2.67. The van der Waals surface area contributed by atoms with Crippen LogP contribution in [0.15, 0.2) is 30.5 Å². The van der Waals surface area contributed by atoms with E-state index >= 15 is 0 Å². The number of benzene rings is 1. The van der Waals surface area contributed by atoms with E-state index in [1.54, 1.807) is 0 Å². The molecule has 1 heterocycles. The quantitative estimate of drug-likeness (QED) is 0.449. The lowest BCUT2D eigenvalue weighted by Gasteiger charge is -2.22. The Hall–Kier alpha value is -2.60. The predicted molar refractivity (Wildman–Crippen MR) is 96.0 cm³/mol.